The molecule has 0 heterocycles. The van der Waals surface area contributed by atoms with Crippen molar-refractivity contribution in [3.8, 4) is 17.6 Å². The molecule has 1 amide bonds. The summed E-state index contributed by atoms with van der Waals surface area (Å²) in [5.74, 6) is 0.760. The number of amides is 1. The third kappa shape index (κ3) is 3.76. The van der Waals surface area contributed by atoms with Crippen molar-refractivity contribution in [1.29, 1.82) is 5.26 Å². The summed E-state index contributed by atoms with van der Waals surface area (Å²) in [5, 5.41) is 12.0. The van der Waals surface area contributed by atoms with Gasteiger partial charge in [0.2, 0.25) is 0 Å². The number of methoxy groups -OCH3 is 2. The molecule has 0 spiro atoms. The van der Waals surface area contributed by atoms with E-state index in [4.69, 9.17) is 14.7 Å². The van der Waals surface area contributed by atoms with Crippen LogP contribution in [0.5, 0.6) is 11.5 Å². The van der Waals surface area contributed by atoms with Gasteiger partial charge in [0, 0.05) is 10.5 Å². The molecule has 110 valence electrons. The van der Waals surface area contributed by atoms with Crippen LogP contribution in [0.4, 0.5) is 0 Å². The highest BCUT2D eigenvalue weighted by Gasteiger charge is 2.24. The van der Waals surface area contributed by atoms with E-state index in [1.807, 2.05) is 6.07 Å². The van der Waals surface area contributed by atoms with Gasteiger partial charge in [-0.25, -0.2) is 0 Å². The first-order valence-corrected chi connectivity index (χ1v) is 7.22. The predicted octanol–water partition coefficient (Wildman–Crippen LogP) is 2.65. The molecule has 1 aliphatic carbocycles. The van der Waals surface area contributed by atoms with E-state index in [-0.39, 0.29) is 17.5 Å². The zero-order valence-corrected chi connectivity index (χ0v) is 13.4. The summed E-state index contributed by atoms with van der Waals surface area (Å²) in [4.78, 5) is 11.9. The molecule has 0 aromatic heterocycles. The number of hydrogen-bond donors (Lipinski definition) is 1. The summed E-state index contributed by atoms with van der Waals surface area (Å²) in [6.07, 6.45) is 3.48. The van der Waals surface area contributed by atoms with E-state index in [0.29, 0.717) is 21.5 Å². The van der Waals surface area contributed by atoms with Gasteiger partial charge in [-0.3, -0.25) is 4.79 Å². The lowest BCUT2D eigenvalue weighted by atomic mass is 10.1. The van der Waals surface area contributed by atoms with Crippen LogP contribution < -0.4 is 14.8 Å². The summed E-state index contributed by atoms with van der Waals surface area (Å²) in [7, 11) is 3.08. The number of ether oxygens (including phenoxy) is 2. The van der Waals surface area contributed by atoms with Crippen molar-refractivity contribution >= 4 is 27.9 Å². The van der Waals surface area contributed by atoms with Crippen LogP contribution in [0.25, 0.3) is 6.08 Å². The highest BCUT2D eigenvalue weighted by Crippen LogP contribution is 2.34. The molecule has 0 unspecified atom stereocenters. The predicted molar refractivity (Wildman–Crippen MR) is 82.0 cm³/mol. The van der Waals surface area contributed by atoms with E-state index in [1.165, 1.54) is 13.2 Å². The fourth-order valence-corrected chi connectivity index (χ4v) is 2.21. The maximum absolute atomic E-state index is 11.9. The van der Waals surface area contributed by atoms with Crippen LogP contribution in [0.15, 0.2) is 22.2 Å². The molecule has 1 aromatic rings. The van der Waals surface area contributed by atoms with E-state index in [0.717, 1.165) is 12.8 Å². The van der Waals surface area contributed by atoms with Gasteiger partial charge in [-0.15, -0.1) is 0 Å². The summed E-state index contributed by atoms with van der Waals surface area (Å²) in [6, 6.07) is 5.59. The van der Waals surface area contributed by atoms with Crippen LogP contribution in [0.2, 0.25) is 0 Å². The summed E-state index contributed by atoms with van der Waals surface area (Å²) in [5.41, 5.74) is 0.741. The third-order valence-electron chi connectivity index (χ3n) is 3.08. The molecule has 1 aliphatic rings. The minimum atomic E-state index is -0.346. The second-order valence-electron chi connectivity index (χ2n) is 4.65. The largest absolute Gasteiger partial charge is 0.493 e. The van der Waals surface area contributed by atoms with E-state index in [2.05, 4.69) is 21.2 Å². The number of nitrogens with one attached hydrogen (secondary N) is 1. The molecule has 0 saturated heterocycles. The molecule has 0 radical (unpaired) electrons. The molecule has 0 aliphatic heterocycles. The van der Waals surface area contributed by atoms with E-state index in [9.17, 15) is 4.79 Å². The minimum absolute atomic E-state index is 0.0646. The Morgan fingerprint density at radius 2 is 2.00 bits per heavy atom. The monoisotopic (exact) mass is 350 g/mol. The van der Waals surface area contributed by atoms with Crippen molar-refractivity contribution in [2.24, 2.45) is 0 Å². The molecule has 0 atom stereocenters. The van der Waals surface area contributed by atoms with Gasteiger partial charge in [0.25, 0.3) is 5.91 Å². The van der Waals surface area contributed by atoms with Crippen molar-refractivity contribution in [3.63, 3.8) is 0 Å². The normalized spacial score (nSPS) is 14.3. The van der Waals surface area contributed by atoms with Crippen molar-refractivity contribution in [1.82, 2.24) is 5.32 Å². The molecule has 2 rings (SSSR count). The molecule has 1 N–H and O–H groups in total. The lowest BCUT2D eigenvalue weighted by Gasteiger charge is -2.10. The Morgan fingerprint density at radius 3 is 2.52 bits per heavy atom. The fraction of sp³-hybridized carbons (Fsp3) is 0.333. The number of halogens is 1. The van der Waals surface area contributed by atoms with Gasteiger partial charge in [0.05, 0.1) is 14.2 Å². The number of nitrogens with zero attached hydrogens (tertiary/aromatic N) is 1. The highest BCUT2D eigenvalue weighted by atomic mass is 79.9. The Bertz CT molecular complexity index is 631. The molecule has 5 nitrogen and oxygen atoms in total. The SMILES string of the molecule is COc1cc(Br)c(C=C(C#N)C(=O)NC2CC2)cc1OC. The quantitative estimate of drug-likeness (QED) is 0.654. The molecule has 21 heavy (non-hydrogen) atoms. The second-order valence-corrected chi connectivity index (χ2v) is 5.50. The summed E-state index contributed by atoms with van der Waals surface area (Å²) in [6.45, 7) is 0. The Morgan fingerprint density at radius 1 is 1.38 bits per heavy atom. The van der Waals surface area contributed by atoms with Crippen LogP contribution in [0.1, 0.15) is 18.4 Å². The lowest BCUT2D eigenvalue weighted by molar-refractivity contribution is -0.117. The van der Waals surface area contributed by atoms with Crippen LogP contribution in [-0.4, -0.2) is 26.2 Å². The summed E-state index contributed by atoms with van der Waals surface area (Å²) >= 11 is 3.40. The van der Waals surface area contributed by atoms with Crippen LogP contribution >= 0.6 is 15.9 Å². The average molecular weight is 351 g/mol. The maximum Gasteiger partial charge on any atom is 0.262 e. The Kier molecular flexibility index (Phi) is 4.86. The molecular formula is C15H15BrN2O3. The van der Waals surface area contributed by atoms with Gasteiger partial charge >= 0.3 is 0 Å². The average Bonchev–Trinajstić information content (AvgIpc) is 3.29. The van der Waals surface area contributed by atoms with Crippen molar-refractivity contribution < 1.29 is 14.3 Å². The topological polar surface area (TPSA) is 71.3 Å². The van der Waals surface area contributed by atoms with Gasteiger partial charge in [-0.1, -0.05) is 15.9 Å². The van der Waals surface area contributed by atoms with Crippen molar-refractivity contribution in [3.05, 3.63) is 27.7 Å². The Balaban J connectivity index is 2.32. The standard InChI is InChI=1S/C15H15BrN2O3/c1-20-13-6-9(12(16)7-14(13)21-2)5-10(8-17)15(19)18-11-3-4-11/h5-7,11H,3-4H2,1-2H3,(H,18,19). The molecule has 1 saturated carbocycles. The van der Waals surface area contributed by atoms with Gasteiger partial charge < -0.3 is 14.8 Å². The maximum atomic E-state index is 11.9. The van der Waals surface area contributed by atoms with Gasteiger partial charge in [0.1, 0.15) is 11.6 Å². The Labute approximate surface area is 131 Å². The van der Waals surface area contributed by atoms with E-state index in [1.54, 1.807) is 19.2 Å². The zero-order chi connectivity index (χ0) is 15.4. The third-order valence-corrected chi connectivity index (χ3v) is 3.77. The highest BCUT2D eigenvalue weighted by molar-refractivity contribution is 9.10. The minimum Gasteiger partial charge on any atom is -0.493 e. The lowest BCUT2D eigenvalue weighted by Crippen LogP contribution is -2.26. The number of benzene rings is 1. The van der Waals surface area contributed by atoms with E-state index < -0.39 is 0 Å². The zero-order valence-electron chi connectivity index (χ0n) is 11.8. The Hall–Kier alpha value is -2.00. The van der Waals surface area contributed by atoms with Crippen LogP contribution in [0.3, 0.4) is 0 Å². The first-order chi connectivity index (χ1) is 10.1. The van der Waals surface area contributed by atoms with Crippen molar-refractivity contribution in [2.45, 2.75) is 18.9 Å². The smallest absolute Gasteiger partial charge is 0.262 e. The number of carbonyl (C=O) groups excluding carboxylic acids is 1. The number of rotatable bonds is 5. The first kappa shape index (κ1) is 15.4. The van der Waals surface area contributed by atoms with E-state index >= 15 is 0 Å². The van der Waals surface area contributed by atoms with Crippen LogP contribution in [-0.2, 0) is 4.79 Å². The molecule has 1 aromatic carbocycles. The molecule has 1 fully saturated rings. The van der Waals surface area contributed by atoms with Crippen molar-refractivity contribution in [2.75, 3.05) is 14.2 Å². The molecular weight excluding hydrogens is 336 g/mol. The number of nitriles is 1. The van der Waals surface area contributed by atoms with Gasteiger partial charge in [-0.2, -0.15) is 5.26 Å². The second kappa shape index (κ2) is 6.64. The van der Waals surface area contributed by atoms with Crippen LogP contribution in [0, 0.1) is 11.3 Å². The number of carbonyl (C=O) groups is 1. The van der Waals surface area contributed by atoms with Gasteiger partial charge in [0.15, 0.2) is 11.5 Å². The summed E-state index contributed by atoms with van der Waals surface area (Å²) < 4.78 is 11.1. The molecule has 0 bridgehead atoms. The van der Waals surface area contributed by atoms with Gasteiger partial charge in [-0.05, 0) is 36.6 Å². The molecule has 6 heteroatoms. The number of hydrogen-bond acceptors (Lipinski definition) is 4. The fourth-order valence-electron chi connectivity index (χ4n) is 1.78. The first-order valence-electron chi connectivity index (χ1n) is 6.43.